The Morgan fingerprint density at radius 2 is 1.62 bits per heavy atom. The van der Waals surface area contributed by atoms with Crippen LogP contribution in [0.25, 0.3) is 0 Å². The maximum Gasteiger partial charge on any atom is 0.246 e. The molecule has 4 amide bonds. The standard InChI is InChI=1S/C37H48N4O6/c1-5-37(4)35(46)39-29(24-26-16-9-6-10-17-26)34(45)41-23-15-21-30(41)33(44)38-28(32(43)40-37)20-13-8-14-22-31(42)36(2,3)47-25-27-18-11-7-12-19-27/h6-7,9-12,14,16-19,22,28-30H,5,8,13,15,20-21,23-25H2,1-4H3,(H,38,44)(H,39,46)(H,40,43)/b22-14+/t28-,29-,30+,37-/m0/s1. The summed E-state index contributed by atoms with van der Waals surface area (Å²) in [4.78, 5) is 69.2. The first kappa shape index (κ1) is 35.5. The molecule has 2 aromatic rings. The van der Waals surface area contributed by atoms with Gasteiger partial charge in [0.05, 0.1) is 6.61 Å². The minimum atomic E-state index is -1.31. The van der Waals surface area contributed by atoms with E-state index in [9.17, 15) is 24.0 Å². The second-order valence-electron chi connectivity index (χ2n) is 13.1. The van der Waals surface area contributed by atoms with Crippen LogP contribution in [0, 0.1) is 0 Å². The lowest BCUT2D eigenvalue weighted by atomic mass is 9.94. The largest absolute Gasteiger partial charge is 0.363 e. The van der Waals surface area contributed by atoms with E-state index in [1.54, 1.807) is 38.7 Å². The summed E-state index contributed by atoms with van der Waals surface area (Å²) in [7, 11) is 0. The third-order valence-corrected chi connectivity index (χ3v) is 9.13. The zero-order chi connectivity index (χ0) is 34.0. The highest BCUT2D eigenvalue weighted by molar-refractivity contribution is 5.99. The number of nitrogens with zero attached hydrogens (tertiary/aromatic N) is 1. The Hall–Kier alpha value is -4.31. The molecular weight excluding hydrogens is 596 g/mol. The Balaban J connectivity index is 1.43. The Kier molecular flexibility index (Phi) is 12.1. The number of carbonyl (C=O) groups excluding carboxylic acids is 5. The van der Waals surface area contributed by atoms with Crippen molar-refractivity contribution in [1.29, 1.82) is 0 Å². The molecule has 252 valence electrons. The first-order chi connectivity index (χ1) is 22.4. The van der Waals surface area contributed by atoms with Crippen LogP contribution in [-0.2, 0) is 41.7 Å². The summed E-state index contributed by atoms with van der Waals surface area (Å²) in [5, 5.41) is 8.66. The summed E-state index contributed by atoms with van der Waals surface area (Å²) in [6.45, 7) is 7.59. The molecule has 0 aromatic heterocycles. The molecule has 2 fully saturated rings. The highest BCUT2D eigenvalue weighted by Crippen LogP contribution is 2.22. The Morgan fingerprint density at radius 3 is 2.28 bits per heavy atom. The fraction of sp³-hybridized carbons (Fsp3) is 0.486. The topological polar surface area (TPSA) is 134 Å². The van der Waals surface area contributed by atoms with Crippen LogP contribution < -0.4 is 16.0 Å². The van der Waals surface area contributed by atoms with Gasteiger partial charge in [-0.25, -0.2) is 0 Å². The van der Waals surface area contributed by atoms with Gasteiger partial charge in [-0.05, 0) is 76.5 Å². The number of unbranched alkanes of at least 4 members (excludes halogenated alkanes) is 1. The lowest BCUT2D eigenvalue weighted by Gasteiger charge is -2.35. The Bertz CT molecular complexity index is 1440. The quantitative estimate of drug-likeness (QED) is 0.238. The van der Waals surface area contributed by atoms with E-state index in [0.29, 0.717) is 38.8 Å². The molecule has 2 aliphatic heterocycles. The van der Waals surface area contributed by atoms with E-state index >= 15 is 0 Å². The molecule has 2 aromatic carbocycles. The molecule has 0 spiro atoms. The van der Waals surface area contributed by atoms with E-state index in [4.69, 9.17) is 4.74 Å². The lowest BCUT2D eigenvalue weighted by molar-refractivity contribution is -0.144. The normalized spacial score (nSPS) is 24.2. The molecule has 0 bridgehead atoms. The summed E-state index contributed by atoms with van der Waals surface area (Å²) in [5.41, 5.74) is -0.469. The predicted molar refractivity (Wildman–Crippen MR) is 179 cm³/mol. The molecular formula is C37H48N4O6. The van der Waals surface area contributed by atoms with E-state index in [1.807, 2.05) is 60.7 Å². The predicted octanol–water partition coefficient (Wildman–Crippen LogP) is 3.78. The minimum Gasteiger partial charge on any atom is -0.363 e. The number of fused-ring (bicyclic) bond motifs is 1. The van der Waals surface area contributed by atoms with Crippen LogP contribution in [0.5, 0.6) is 0 Å². The van der Waals surface area contributed by atoms with Crippen LogP contribution in [0.15, 0.2) is 72.8 Å². The molecule has 0 radical (unpaired) electrons. The summed E-state index contributed by atoms with van der Waals surface area (Å²) in [6.07, 6.45) is 6.16. The third kappa shape index (κ3) is 9.38. The van der Waals surface area contributed by atoms with Crippen LogP contribution in [0.4, 0.5) is 0 Å². The molecule has 10 nitrogen and oxygen atoms in total. The van der Waals surface area contributed by atoms with Crippen molar-refractivity contribution in [2.45, 2.75) is 109 Å². The van der Waals surface area contributed by atoms with Crippen molar-refractivity contribution in [2.75, 3.05) is 6.54 Å². The Morgan fingerprint density at radius 1 is 0.957 bits per heavy atom. The fourth-order valence-corrected chi connectivity index (χ4v) is 5.81. The number of rotatable bonds is 12. The molecule has 10 heteroatoms. The number of ether oxygens (including phenoxy) is 1. The van der Waals surface area contributed by atoms with Crippen molar-refractivity contribution in [1.82, 2.24) is 20.9 Å². The number of amides is 4. The van der Waals surface area contributed by atoms with E-state index in [2.05, 4.69) is 16.0 Å². The van der Waals surface area contributed by atoms with Crippen LogP contribution in [0.1, 0.15) is 77.3 Å². The van der Waals surface area contributed by atoms with E-state index in [0.717, 1.165) is 11.1 Å². The van der Waals surface area contributed by atoms with Crippen LogP contribution >= 0.6 is 0 Å². The highest BCUT2D eigenvalue weighted by atomic mass is 16.5. The summed E-state index contributed by atoms with van der Waals surface area (Å²) >= 11 is 0. The fourth-order valence-electron chi connectivity index (χ4n) is 5.81. The van der Waals surface area contributed by atoms with Gasteiger partial charge in [0.15, 0.2) is 5.78 Å². The van der Waals surface area contributed by atoms with Gasteiger partial charge >= 0.3 is 0 Å². The smallest absolute Gasteiger partial charge is 0.246 e. The number of hydrogen-bond donors (Lipinski definition) is 3. The van der Waals surface area contributed by atoms with Crippen molar-refractivity contribution >= 4 is 29.4 Å². The first-order valence-electron chi connectivity index (χ1n) is 16.6. The van der Waals surface area contributed by atoms with Gasteiger partial charge in [-0.15, -0.1) is 0 Å². The lowest BCUT2D eigenvalue weighted by Crippen LogP contribution is -2.65. The van der Waals surface area contributed by atoms with E-state index in [-0.39, 0.29) is 36.9 Å². The van der Waals surface area contributed by atoms with Gasteiger partial charge in [0.1, 0.15) is 29.3 Å². The number of nitrogens with one attached hydrogen (secondary N) is 3. The van der Waals surface area contributed by atoms with E-state index < -0.39 is 41.1 Å². The van der Waals surface area contributed by atoms with Crippen molar-refractivity contribution in [3.05, 3.63) is 83.9 Å². The minimum absolute atomic E-state index is 0.174. The molecule has 0 saturated carbocycles. The zero-order valence-electron chi connectivity index (χ0n) is 27.9. The number of ketones is 1. The van der Waals surface area contributed by atoms with Gasteiger partial charge in [0.25, 0.3) is 0 Å². The molecule has 2 heterocycles. The summed E-state index contributed by atoms with van der Waals surface area (Å²) < 4.78 is 5.88. The molecule has 2 aliphatic rings. The first-order valence-corrected chi connectivity index (χ1v) is 16.6. The average Bonchev–Trinajstić information content (AvgIpc) is 3.56. The number of carbonyl (C=O) groups is 5. The Labute approximate surface area is 277 Å². The van der Waals surface area contributed by atoms with Crippen LogP contribution in [0.2, 0.25) is 0 Å². The van der Waals surface area contributed by atoms with Crippen molar-refractivity contribution in [3.63, 3.8) is 0 Å². The van der Waals surface area contributed by atoms with Crippen LogP contribution in [0.3, 0.4) is 0 Å². The summed E-state index contributed by atoms with van der Waals surface area (Å²) in [6, 6.07) is 16.5. The van der Waals surface area contributed by atoms with Gasteiger partial charge in [-0.1, -0.05) is 73.7 Å². The molecule has 2 saturated heterocycles. The molecule has 0 unspecified atom stereocenters. The highest BCUT2D eigenvalue weighted by Gasteiger charge is 2.43. The van der Waals surface area contributed by atoms with Gasteiger partial charge < -0.3 is 25.6 Å². The SMILES string of the molecule is CC[C@]1(C)NC(=O)[C@H](CCC/C=C/C(=O)C(C)(C)OCc2ccccc2)NC(=O)[C@H]2CCCN2C(=O)[C@H](Cc2ccccc2)NC1=O. The molecule has 4 rings (SSSR count). The second-order valence-corrected chi connectivity index (χ2v) is 13.1. The van der Waals surface area contributed by atoms with Crippen molar-refractivity contribution < 1.29 is 28.7 Å². The van der Waals surface area contributed by atoms with Gasteiger partial charge in [0, 0.05) is 13.0 Å². The number of allylic oxidation sites excluding steroid dienone is 1. The zero-order valence-corrected chi connectivity index (χ0v) is 27.9. The second kappa shape index (κ2) is 16.0. The van der Waals surface area contributed by atoms with Crippen LogP contribution in [-0.4, -0.2) is 70.1 Å². The summed E-state index contributed by atoms with van der Waals surface area (Å²) in [5.74, 6) is -1.80. The molecule has 3 N–H and O–H groups in total. The van der Waals surface area contributed by atoms with Gasteiger partial charge in [-0.2, -0.15) is 0 Å². The maximum atomic E-state index is 13.9. The third-order valence-electron chi connectivity index (χ3n) is 9.13. The molecule has 0 aliphatic carbocycles. The van der Waals surface area contributed by atoms with Gasteiger partial charge in [0.2, 0.25) is 23.6 Å². The number of hydrogen-bond acceptors (Lipinski definition) is 6. The molecule has 47 heavy (non-hydrogen) atoms. The molecule has 4 atom stereocenters. The number of benzene rings is 2. The monoisotopic (exact) mass is 644 g/mol. The van der Waals surface area contributed by atoms with E-state index in [1.165, 1.54) is 6.08 Å². The maximum absolute atomic E-state index is 13.9. The average molecular weight is 645 g/mol. The van der Waals surface area contributed by atoms with Crippen molar-refractivity contribution in [2.24, 2.45) is 0 Å². The van der Waals surface area contributed by atoms with Crippen molar-refractivity contribution in [3.8, 4) is 0 Å². The van der Waals surface area contributed by atoms with Gasteiger partial charge in [-0.3, -0.25) is 24.0 Å².